The predicted molar refractivity (Wildman–Crippen MR) is 142 cm³/mol. The van der Waals surface area contributed by atoms with E-state index in [-0.39, 0.29) is 22.0 Å². The van der Waals surface area contributed by atoms with E-state index in [1.54, 1.807) is 23.2 Å². The molecule has 2 aliphatic heterocycles. The van der Waals surface area contributed by atoms with E-state index in [9.17, 15) is 18.0 Å². The summed E-state index contributed by atoms with van der Waals surface area (Å²) in [7, 11) is -3.34. The van der Waals surface area contributed by atoms with Gasteiger partial charge in [0.2, 0.25) is 6.41 Å². The normalized spacial score (nSPS) is 21.2. The smallest absolute Gasteiger partial charge is 0.280 e. The summed E-state index contributed by atoms with van der Waals surface area (Å²) in [6.07, 6.45) is 5.34. The average Bonchev–Trinajstić information content (AvgIpc) is 3.57. The molecule has 0 radical (unpaired) electrons. The van der Waals surface area contributed by atoms with Gasteiger partial charge in [-0.3, -0.25) is 19.8 Å². The number of nitrogens with one attached hydrogen (secondary N) is 1. The van der Waals surface area contributed by atoms with Gasteiger partial charge >= 0.3 is 0 Å². The van der Waals surface area contributed by atoms with Crippen LogP contribution >= 0.6 is 11.3 Å². The number of sulfone groups is 1. The van der Waals surface area contributed by atoms with Gasteiger partial charge in [0, 0.05) is 55.8 Å². The monoisotopic (exact) mass is 561 g/mol. The number of anilines is 1. The fourth-order valence-electron chi connectivity index (χ4n) is 4.39. The van der Waals surface area contributed by atoms with Gasteiger partial charge in [-0.15, -0.1) is 11.3 Å². The molecule has 38 heavy (non-hydrogen) atoms. The number of oxime groups is 1. The SMILES string of the molecule is O=CN1CCCN(Cc2cnc(NC(=O)/C(=N/O[C@@H]3CCOC3)c3ccc(S(=O)(=O)C4CC4)cc3)s2)CC1. The van der Waals surface area contributed by atoms with Gasteiger partial charge in [0.05, 0.1) is 23.4 Å². The largest absolute Gasteiger partial charge is 0.389 e. The molecular weight excluding hydrogens is 530 g/mol. The lowest BCUT2D eigenvalue weighted by Crippen LogP contribution is -2.29. The van der Waals surface area contributed by atoms with Gasteiger partial charge in [0.15, 0.2) is 26.8 Å². The van der Waals surface area contributed by atoms with Crippen LogP contribution in [0, 0.1) is 0 Å². The van der Waals surface area contributed by atoms with E-state index in [1.165, 1.54) is 23.5 Å². The van der Waals surface area contributed by atoms with Gasteiger partial charge in [-0.1, -0.05) is 17.3 Å². The van der Waals surface area contributed by atoms with E-state index in [1.807, 2.05) is 0 Å². The van der Waals surface area contributed by atoms with Crippen LogP contribution < -0.4 is 5.32 Å². The van der Waals surface area contributed by atoms with E-state index in [4.69, 9.17) is 9.57 Å². The standard InChI is InChI=1S/C25H31N5O6S2/c31-17-30-10-1-9-29(11-12-30)15-20-14-26-25(37-20)27-24(32)23(28-36-19-8-13-35-16-19)18-2-4-21(5-3-18)38(33,34)22-6-7-22/h2-5,14,17,19,22H,1,6-13,15-16H2,(H,26,27,32)/b28-23+/t19-/m1/s1. The molecule has 1 aromatic heterocycles. The van der Waals surface area contributed by atoms with Crippen LogP contribution in [0.4, 0.5) is 5.13 Å². The minimum Gasteiger partial charge on any atom is -0.389 e. The number of thiazole rings is 1. The molecule has 2 amide bonds. The fourth-order valence-corrected chi connectivity index (χ4v) is 6.90. The van der Waals surface area contributed by atoms with Crippen LogP contribution in [0.15, 0.2) is 40.5 Å². The van der Waals surface area contributed by atoms with Crippen LogP contribution in [-0.4, -0.2) is 92.0 Å². The fraction of sp³-hybridized carbons (Fsp3) is 0.520. The number of ether oxygens (including phenoxy) is 1. The summed E-state index contributed by atoms with van der Waals surface area (Å²) in [5, 5.41) is 7.08. The molecule has 1 N–H and O–H groups in total. The Labute approximate surface area is 225 Å². The highest BCUT2D eigenvalue weighted by molar-refractivity contribution is 7.92. The summed E-state index contributed by atoms with van der Waals surface area (Å²) in [6.45, 7) is 4.77. The van der Waals surface area contributed by atoms with Crippen molar-refractivity contribution >= 4 is 44.3 Å². The van der Waals surface area contributed by atoms with Crippen molar-refractivity contribution in [3.63, 3.8) is 0 Å². The van der Waals surface area contributed by atoms with Gasteiger partial charge in [-0.2, -0.15) is 0 Å². The van der Waals surface area contributed by atoms with Crippen molar-refractivity contribution in [1.82, 2.24) is 14.8 Å². The number of hydrogen-bond acceptors (Lipinski definition) is 10. The molecule has 204 valence electrons. The van der Waals surface area contributed by atoms with Crippen molar-refractivity contribution in [1.29, 1.82) is 0 Å². The predicted octanol–water partition coefficient (Wildman–Crippen LogP) is 1.89. The Bertz CT molecular complexity index is 1270. The number of carbonyl (C=O) groups excluding carboxylic acids is 2. The van der Waals surface area contributed by atoms with E-state index >= 15 is 0 Å². The first-order chi connectivity index (χ1) is 18.4. The number of aromatic nitrogens is 1. The highest BCUT2D eigenvalue weighted by Gasteiger charge is 2.36. The maximum absolute atomic E-state index is 13.3. The maximum Gasteiger partial charge on any atom is 0.280 e. The Kier molecular flexibility index (Phi) is 8.36. The highest BCUT2D eigenvalue weighted by atomic mass is 32.2. The molecule has 2 aromatic rings. The molecule has 3 heterocycles. The summed E-state index contributed by atoms with van der Waals surface area (Å²) >= 11 is 1.38. The molecule has 0 unspecified atom stereocenters. The van der Waals surface area contributed by atoms with Crippen LogP contribution in [0.5, 0.6) is 0 Å². The third-order valence-electron chi connectivity index (χ3n) is 6.74. The Morgan fingerprint density at radius 2 is 2.00 bits per heavy atom. The van der Waals surface area contributed by atoms with E-state index in [2.05, 4.69) is 20.4 Å². The first-order valence-electron chi connectivity index (χ1n) is 12.8. The summed E-state index contributed by atoms with van der Waals surface area (Å²) in [4.78, 5) is 39.6. The number of amides is 2. The molecule has 11 nitrogen and oxygen atoms in total. The number of nitrogens with zero attached hydrogens (tertiary/aromatic N) is 4. The van der Waals surface area contributed by atoms with Crippen molar-refractivity contribution in [3.05, 3.63) is 40.9 Å². The van der Waals surface area contributed by atoms with Gasteiger partial charge in [-0.05, 0) is 31.4 Å². The quantitative estimate of drug-likeness (QED) is 0.264. The Morgan fingerprint density at radius 3 is 2.71 bits per heavy atom. The summed E-state index contributed by atoms with van der Waals surface area (Å²) in [5.74, 6) is -0.501. The minimum absolute atomic E-state index is 0.0329. The number of carbonyl (C=O) groups is 2. The lowest BCUT2D eigenvalue weighted by atomic mass is 10.1. The zero-order chi connectivity index (χ0) is 26.5. The van der Waals surface area contributed by atoms with Crippen LogP contribution in [0.1, 0.15) is 36.1 Å². The molecule has 3 fully saturated rings. The molecule has 1 saturated carbocycles. The molecule has 0 bridgehead atoms. The van der Waals surface area contributed by atoms with Crippen molar-refractivity contribution in [2.24, 2.45) is 5.16 Å². The second kappa shape index (κ2) is 11.9. The molecule has 1 aliphatic carbocycles. The van der Waals surface area contributed by atoms with Gasteiger partial charge in [0.1, 0.15) is 0 Å². The van der Waals surface area contributed by atoms with Crippen molar-refractivity contribution in [2.45, 2.75) is 48.5 Å². The van der Waals surface area contributed by atoms with E-state index in [0.29, 0.717) is 56.3 Å². The molecule has 1 atom stereocenters. The van der Waals surface area contributed by atoms with E-state index in [0.717, 1.165) is 37.3 Å². The Balaban J connectivity index is 1.28. The van der Waals surface area contributed by atoms with E-state index < -0.39 is 15.7 Å². The van der Waals surface area contributed by atoms with Gasteiger partial charge in [0.25, 0.3) is 5.91 Å². The maximum atomic E-state index is 13.3. The lowest BCUT2D eigenvalue weighted by Gasteiger charge is -2.18. The van der Waals surface area contributed by atoms with Crippen LogP contribution in [-0.2, 0) is 35.5 Å². The van der Waals surface area contributed by atoms with Crippen molar-refractivity contribution in [3.8, 4) is 0 Å². The molecular formula is C25H31N5O6S2. The van der Waals surface area contributed by atoms with Crippen LogP contribution in [0.3, 0.4) is 0 Å². The summed E-state index contributed by atoms with van der Waals surface area (Å²) in [6, 6.07) is 6.19. The first kappa shape index (κ1) is 26.7. The zero-order valence-corrected chi connectivity index (χ0v) is 22.6. The molecule has 3 aliphatic rings. The van der Waals surface area contributed by atoms with Crippen LogP contribution in [0.2, 0.25) is 0 Å². The third-order valence-corrected chi connectivity index (χ3v) is 9.92. The summed E-state index contributed by atoms with van der Waals surface area (Å²) in [5.41, 5.74) is 0.475. The lowest BCUT2D eigenvalue weighted by molar-refractivity contribution is -0.118. The number of benzene rings is 1. The second-order valence-electron chi connectivity index (χ2n) is 9.66. The van der Waals surface area contributed by atoms with Crippen LogP contribution in [0.25, 0.3) is 0 Å². The molecule has 1 aromatic carbocycles. The zero-order valence-electron chi connectivity index (χ0n) is 21.0. The van der Waals surface area contributed by atoms with Crippen molar-refractivity contribution < 1.29 is 27.6 Å². The Hall–Kier alpha value is -2.87. The van der Waals surface area contributed by atoms with Gasteiger partial charge in [-0.25, -0.2) is 13.4 Å². The average molecular weight is 562 g/mol. The Morgan fingerprint density at radius 1 is 1.18 bits per heavy atom. The minimum atomic E-state index is -3.34. The molecule has 13 heteroatoms. The second-order valence-corrected chi connectivity index (χ2v) is 13.0. The highest BCUT2D eigenvalue weighted by Crippen LogP contribution is 2.33. The summed E-state index contributed by atoms with van der Waals surface area (Å²) < 4.78 is 30.5. The van der Waals surface area contributed by atoms with Crippen molar-refractivity contribution in [2.75, 3.05) is 44.7 Å². The third kappa shape index (κ3) is 6.57. The topological polar surface area (TPSA) is 130 Å². The number of rotatable bonds is 10. The molecule has 0 spiro atoms. The number of hydrogen-bond donors (Lipinski definition) is 1. The molecule has 2 saturated heterocycles. The van der Waals surface area contributed by atoms with Gasteiger partial charge < -0.3 is 14.5 Å². The molecule has 5 rings (SSSR count). The first-order valence-corrected chi connectivity index (χ1v) is 15.1.